The lowest BCUT2D eigenvalue weighted by molar-refractivity contribution is 0.0705. The monoisotopic (exact) mass is 298 g/mol. The molecule has 6 nitrogen and oxygen atoms in total. The van der Waals surface area contributed by atoms with Gasteiger partial charge in [-0.3, -0.25) is 10.0 Å². The summed E-state index contributed by atoms with van der Waals surface area (Å²) in [4.78, 5) is 18.9. The Hall–Kier alpha value is -1.89. The molecule has 1 heterocycles. The van der Waals surface area contributed by atoms with Gasteiger partial charge in [0.2, 0.25) is 5.95 Å². The lowest BCUT2D eigenvalue weighted by Crippen LogP contribution is -2.19. The van der Waals surface area contributed by atoms with Crippen LogP contribution in [0.5, 0.6) is 0 Å². The third-order valence-electron chi connectivity index (χ3n) is 2.13. The average molecular weight is 299 g/mol. The molecule has 8 heteroatoms. The van der Waals surface area contributed by atoms with E-state index in [9.17, 15) is 4.79 Å². The second-order valence-electron chi connectivity index (χ2n) is 3.52. The number of hydroxylamine groups is 1. The molecule has 2 aromatic rings. The van der Waals surface area contributed by atoms with Crippen molar-refractivity contribution in [3.63, 3.8) is 0 Å². The number of carbonyl (C=O) groups excluding carboxylic acids is 1. The number of anilines is 2. The molecule has 0 radical (unpaired) electrons. The summed E-state index contributed by atoms with van der Waals surface area (Å²) in [5.74, 6) is -0.412. The largest absolute Gasteiger partial charge is 0.324 e. The van der Waals surface area contributed by atoms with Crippen LogP contribution in [0.4, 0.5) is 11.6 Å². The van der Waals surface area contributed by atoms with Gasteiger partial charge in [0.1, 0.15) is 0 Å². The summed E-state index contributed by atoms with van der Waals surface area (Å²) in [5.41, 5.74) is 2.25. The first kappa shape index (κ1) is 13.5. The third kappa shape index (κ3) is 3.54. The summed E-state index contributed by atoms with van der Waals surface area (Å²) in [6.45, 7) is 0. The maximum absolute atomic E-state index is 11.1. The molecule has 2 rings (SSSR count). The molecule has 1 amide bonds. The van der Waals surface area contributed by atoms with Crippen LogP contribution in [0.1, 0.15) is 10.4 Å². The van der Waals surface area contributed by atoms with Gasteiger partial charge < -0.3 is 5.32 Å². The molecular weight excluding hydrogens is 291 g/mol. The number of halogens is 2. The minimum absolute atomic E-state index is 0.136. The highest BCUT2D eigenvalue weighted by Gasteiger charge is 2.06. The highest BCUT2D eigenvalue weighted by atomic mass is 35.5. The van der Waals surface area contributed by atoms with Crippen LogP contribution in [0, 0.1) is 0 Å². The molecule has 0 spiro atoms. The Balaban J connectivity index is 2.17. The Kier molecular flexibility index (Phi) is 4.16. The second kappa shape index (κ2) is 5.83. The van der Waals surface area contributed by atoms with Crippen LogP contribution in [-0.4, -0.2) is 21.1 Å². The molecule has 0 unspecified atom stereocenters. The third-order valence-corrected chi connectivity index (χ3v) is 2.57. The van der Waals surface area contributed by atoms with Gasteiger partial charge >= 0.3 is 0 Å². The Labute approximate surface area is 118 Å². The molecule has 0 saturated carbocycles. The van der Waals surface area contributed by atoms with Crippen LogP contribution in [0.2, 0.25) is 10.0 Å². The maximum atomic E-state index is 11.1. The normalized spacial score (nSPS) is 10.1. The van der Waals surface area contributed by atoms with Crippen molar-refractivity contribution in [3.05, 3.63) is 46.2 Å². The first-order valence-electron chi connectivity index (χ1n) is 5.08. The Morgan fingerprint density at radius 2 is 1.68 bits per heavy atom. The summed E-state index contributed by atoms with van der Waals surface area (Å²) < 4.78 is 0. The molecule has 0 bridgehead atoms. The first-order chi connectivity index (χ1) is 9.08. The summed E-state index contributed by atoms with van der Waals surface area (Å²) in [7, 11) is 0. The summed E-state index contributed by atoms with van der Waals surface area (Å²) >= 11 is 11.7. The number of aromatic nitrogens is 2. The molecule has 0 atom stereocenters. The van der Waals surface area contributed by atoms with Crippen LogP contribution in [0.25, 0.3) is 0 Å². The van der Waals surface area contributed by atoms with Gasteiger partial charge in [0.05, 0.1) is 5.56 Å². The van der Waals surface area contributed by atoms with Gasteiger partial charge in [-0.2, -0.15) is 0 Å². The molecule has 98 valence electrons. The van der Waals surface area contributed by atoms with Gasteiger partial charge in [-0.05, 0) is 18.2 Å². The number of nitrogens with zero attached hydrogens (tertiary/aromatic N) is 2. The van der Waals surface area contributed by atoms with Gasteiger partial charge in [-0.25, -0.2) is 15.4 Å². The van der Waals surface area contributed by atoms with Crippen LogP contribution < -0.4 is 10.8 Å². The van der Waals surface area contributed by atoms with Crippen LogP contribution >= 0.6 is 23.2 Å². The highest BCUT2D eigenvalue weighted by molar-refractivity contribution is 6.35. The Morgan fingerprint density at radius 1 is 1.11 bits per heavy atom. The van der Waals surface area contributed by atoms with E-state index in [1.807, 2.05) is 0 Å². The lowest BCUT2D eigenvalue weighted by atomic mass is 10.3. The van der Waals surface area contributed by atoms with Crippen molar-refractivity contribution in [1.29, 1.82) is 0 Å². The smallest absolute Gasteiger partial charge is 0.277 e. The summed E-state index contributed by atoms with van der Waals surface area (Å²) in [6.07, 6.45) is 2.54. The van der Waals surface area contributed by atoms with Gasteiger partial charge in [-0.15, -0.1) is 0 Å². The van der Waals surface area contributed by atoms with Crippen molar-refractivity contribution in [2.24, 2.45) is 0 Å². The van der Waals surface area contributed by atoms with E-state index in [1.165, 1.54) is 17.9 Å². The molecule has 0 aliphatic rings. The molecule has 19 heavy (non-hydrogen) atoms. The summed E-state index contributed by atoms with van der Waals surface area (Å²) in [5, 5.41) is 12.3. The van der Waals surface area contributed by atoms with Gasteiger partial charge in [0, 0.05) is 28.1 Å². The van der Waals surface area contributed by atoms with Crippen molar-refractivity contribution in [2.45, 2.75) is 0 Å². The fourth-order valence-electron chi connectivity index (χ4n) is 1.33. The van der Waals surface area contributed by atoms with E-state index in [0.29, 0.717) is 15.7 Å². The van der Waals surface area contributed by atoms with Crippen molar-refractivity contribution in [1.82, 2.24) is 15.4 Å². The van der Waals surface area contributed by atoms with Crippen molar-refractivity contribution in [3.8, 4) is 0 Å². The van der Waals surface area contributed by atoms with E-state index in [0.717, 1.165) is 0 Å². The minimum Gasteiger partial charge on any atom is -0.324 e. The fraction of sp³-hybridized carbons (Fsp3) is 0. The zero-order valence-electron chi connectivity index (χ0n) is 9.39. The van der Waals surface area contributed by atoms with E-state index in [1.54, 1.807) is 18.2 Å². The predicted molar refractivity (Wildman–Crippen MR) is 71.0 cm³/mol. The van der Waals surface area contributed by atoms with E-state index in [2.05, 4.69) is 15.3 Å². The molecule has 1 aromatic heterocycles. The standard InChI is InChI=1S/C11H8Cl2N4O2/c12-7-1-8(13)3-9(2-7)16-11-14-4-6(5-15-11)10(18)17-19/h1-5,19H,(H,17,18)(H,14,15,16). The quantitative estimate of drug-likeness (QED) is 0.599. The van der Waals surface area contributed by atoms with Crippen LogP contribution in [-0.2, 0) is 0 Å². The number of benzene rings is 1. The number of hydrogen-bond donors (Lipinski definition) is 3. The zero-order valence-corrected chi connectivity index (χ0v) is 10.9. The van der Waals surface area contributed by atoms with E-state index >= 15 is 0 Å². The SMILES string of the molecule is O=C(NO)c1cnc(Nc2cc(Cl)cc(Cl)c2)nc1. The molecule has 3 N–H and O–H groups in total. The van der Waals surface area contributed by atoms with Gasteiger partial charge in [0.15, 0.2) is 0 Å². The summed E-state index contributed by atoms with van der Waals surface area (Å²) in [6, 6.07) is 4.92. The van der Waals surface area contributed by atoms with Gasteiger partial charge in [0.25, 0.3) is 5.91 Å². The van der Waals surface area contributed by atoms with Crippen molar-refractivity contribution >= 4 is 40.7 Å². The van der Waals surface area contributed by atoms with Crippen LogP contribution in [0.15, 0.2) is 30.6 Å². The van der Waals surface area contributed by atoms with E-state index in [-0.39, 0.29) is 11.5 Å². The molecule has 1 aromatic carbocycles. The Bertz CT molecular complexity index is 584. The number of nitrogens with one attached hydrogen (secondary N) is 2. The molecular formula is C11H8Cl2N4O2. The maximum Gasteiger partial charge on any atom is 0.277 e. The Morgan fingerprint density at radius 3 is 2.21 bits per heavy atom. The number of hydrogen-bond acceptors (Lipinski definition) is 5. The lowest BCUT2D eigenvalue weighted by Gasteiger charge is -2.06. The highest BCUT2D eigenvalue weighted by Crippen LogP contribution is 2.23. The molecule has 0 aliphatic heterocycles. The van der Waals surface area contributed by atoms with Crippen LogP contribution in [0.3, 0.4) is 0 Å². The number of amides is 1. The average Bonchev–Trinajstić information content (AvgIpc) is 2.37. The second-order valence-corrected chi connectivity index (χ2v) is 4.39. The number of carbonyl (C=O) groups is 1. The van der Waals surface area contributed by atoms with E-state index < -0.39 is 5.91 Å². The topological polar surface area (TPSA) is 87.1 Å². The molecule has 0 aliphatic carbocycles. The molecule has 0 saturated heterocycles. The number of rotatable bonds is 3. The van der Waals surface area contributed by atoms with Gasteiger partial charge in [-0.1, -0.05) is 23.2 Å². The minimum atomic E-state index is -0.683. The van der Waals surface area contributed by atoms with Crippen molar-refractivity contribution in [2.75, 3.05) is 5.32 Å². The van der Waals surface area contributed by atoms with E-state index in [4.69, 9.17) is 28.4 Å². The van der Waals surface area contributed by atoms with Crippen molar-refractivity contribution < 1.29 is 10.0 Å². The predicted octanol–water partition coefficient (Wildman–Crippen LogP) is 2.65. The first-order valence-corrected chi connectivity index (χ1v) is 5.83. The zero-order chi connectivity index (χ0) is 13.8. The molecule has 0 fully saturated rings. The fourth-order valence-corrected chi connectivity index (χ4v) is 1.86.